The fourth-order valence-electron chi connectivity index (χ4n) is 0.397. The summed E-state index contributed by atoms with van der Waals surface area (Å²) in [4.78, 5) is 10.9. The molecule has 42 valence electrons. The van der Waals surface area contributed by atoms with Crippen LogP contribution in [0.3, 0.4) is 0 Å². The van der Waals surface area contributed by atoms with Crippen LogP contribution < -0.4 is 10.3 Å². The average molecular weight is 113 g/mol. The maximum absolute atomic E-state index is 10.3. The molecule has 0 aliphatic heterocycles. The maximum Gasteiger partial charge on any atom is 0.298 e. The molecule has 0 aliphatic carbocycles. The van der Waals surface area contributed by atoms with Gasteiger partial charge in [-0.3, -0.25) is 10.0 Å². The first-order chi connectivity index (χ1) is 3.79. The summed E-state index contributed by atoms with van der Waals surface area (Å²) in [6.07, 6.45) is 2.38. The molecule has 0 bridgehead atoms. The van der Waals surface area contributed by atoms with Crippen molar-refractivity contribution in [1.82, 2.24) is 5.10 Å². The standard InChI is InChI=1S/C4H4N2O2/c7-4-1-2-5-6(8)3-4/h1-3H,(H-,5,7,8)/p+1. The Balaban J connectivity index is 3.28. The van der Waals surface area contributed by atoms with Gasteiger partial charge in [-0.2, -0.15) is 0 Å². The van der Waals surface area contributed by atoms with Crippen molar-refractivity contribution in [3.63, 3.8) is 0 Å². The van der Waals surface area contributed by atoms with Crippen LogP contribution in [0.4, 0.5) is 0 Å². The van der Waals surface area contributed by atoms with Crippen molar-refractivity contribution < 1.29 is 10.1 Å². The highest BCUT2D eigenvalue weighted by Crippen LogP contribution is 1.55. The summed E-state index contributed by atoms with van der Waals surface area (Å²) in [5.41, 5.74) is -0.230. The monoisotopic (exact) mass is 113 g/mol. The lowest BCUT2D eigenvalue weighted by Crippen LogP contribution is -2.37. The van der Waals surface area contributed by atoms with Gasteiger partial charge in [0.05, 0.1) is 11.0 Å². The van der Waals surface area contributed by atoms with E-state index in [-0.39, 0.29) is 5.43 Å². The maximum atomic E-state index is 10.3. The number of hydrogen-bond acceptors (Lipinski definition) is 2. The van der Waals surface area contributed by atoms with Crippen LogP contribution in [0.25, 0.3) is 0 Å². The van der Waals surface area contributed by atoms with Gasteiger partial charge in [-0.05, 0) is 0 Å². The van der Waals surface area contributed by atoms with Crippen LogP contribution in [0.2, 0.25) is 0 Å². The smallest absolute Gasteiger partial charge is 0.283 e. The molecule has 8 heavy (non-hydrogen) atoms. The molecule has 1 rings (SSSR count). The van der Waals surface area contributed by atoms with Crippen LogP contribution in [0.1, 0.15) is 0 Å². The van der Waals surface area contributed by atoms with E-state index in [2.05, 4.69) is 5.10 Å². The van der Waals surface area contributed by atoms with E-state index in [0.29, 0.717) is 4.85 Å². The minimum atomic E-state index is -0.230. The molecule has 2 N–H and O–H groups in total. The van der Waals surface area contributed by atoms with E-state index in [1.54, 1.807) is 0 Å². The van der Waals surface area contributed by atoms with Gasteiger partial charge in [-0.1, -0.05) is 0 Å². The average Bonchev–Trinajstić information content (AvgIpc) is 1.64. The van der Waals surface area contributed by atoms with Gasteiger partial charge in [0.1, 0.15) is 0 Å². The normalized spacial score (nSPS) is 9.00. The Hall–Kier alpha value is -1.32. The Morgan fingerprint density at radius 1 is 1.75 bits per heavy atom. The third-order valence-electron chi connectivity index (χ3n) is 0.704. The molecular formula is C4H5N2O2+. The molecule has 0 saturated carbocycles. The lowest BCUT2D eigenvalue weighted by molar-refractivity contribution is -0.949. The van der Waals surface area contributed by atoms with E-state index < -0.39 is 0 Å². The van der Waals surface area contributed by atoms with Crippen molar-refractivity contribution in [3.8, 4) is 0 Å². The Kier molecular flexibility index (Phi) is 0.997. The van der Waals surface area contributed by atoms with Crippen LogP contribution >= 0.6 is 0 Å². The third kappa shape index (κ3) is 0.841. The van der Waals surface area contributed by atoms with Crippen molar-refractivity contribution in [2.75, 3.05) is 0 Å². The summed E-state index contributed by atoms with van der Waals surface area (Å²) in [6.45, 7) is 0. The van der Waals surface area contributed by atoms with Gasteiger partial charge in [0, 0.05) is 6.07 Å². The predicted molar refractivity (Wildman–Crippen MR) is 24.4 cm³/mol. The van der Waals surface area contributed by atoms with Crippen molar-refractivity contribution in [2.24, 2.45) is 0 Å². The van der Waals surface area contributed by atoms with E-state index in [4.69, 9.17) is 5.21 Å². The topological polar surface area (TPSA) is 57.0 Å². The fourth-order valence-corrected chi connectivity index (χ4v) is 0.397. The highest BCUT2D eigenvalue weighted by Gasteiger charge is 1.90. The van der Waals surface area contributed by atoms with Crippen LogP contribution in [-0.2, 0) is 0 Å². The molecule has 0 saturated heterocycles. The summed E-state index contributed by atoms with van der Waals surface area (Å²) in [7, 11) is 0. The zero-order valence-electron chi connectivity index (χ0n) is 4.03. The Morgan fingerprint density at radius 3 is 2.88 bits per heavy atom. The molecule has 1 heterocycles. The van der Waals surface area contributed by atoms with Crippen molar-refractivity contribution in [2.45, 2.75) is 0 Å². The van der Waals surface area contributed by atoms with Crippen LogP contribution in [0.5, 0.6) is 0 Å². The molecule has 1 aromatic rings. The lowest BCUT2D eigenvalue weighted by Gasteiger charge is -1.75. The molecule has 0 spiro atoms. The fraction of sp³-hybridized carbons (Fsp3) is 0. The van der Waals surface area contributed by atoms with E-state index in [0.717, 1.165) is 6.20 Å². The number of nitrogens with one attached hydrogen (secondary N) is 1. The van der Waals surface area contributed by atoms with Crippen LogP contribution in [0, 0.1) is 0 Å². The second-order valence-corrected chi connectivity index (χ2v) is 1.34. The van der Waals surface area contributed by atoms with Gasteiger partial charge < -0.3 is 0 Å². The van der Waals surface area contributed by atoms with Gasteiger partial charge in [-0.25, -0.2) is 0 Å². The minimum absolute atomic E-state index is 0.230. The van der Waals surface area contributed by atoms with E-state index in [1.165, 1.54) is 12.3 Å². The molecule has 0 atom stereocenters. The van der Waals surface area contributed by atoms with Crippen LogP contribution in [0.15, 0.2) is 23.3 Å². The molecule has 0 amide bonds. The summed E-state index contributed by atoms with van der Waals surface area (Å²) in [5.74, 6) is 0. The Labute approximate surface area is 45.0 Å². The van der Waals surface area contributed by atoms with Gasteiger partial charge in [0.15, 0.2) is 0 Å². The number of aromatic nitrogens is 2. The molecular weight excluding hydrogens is 108 g/mol. The predicted octanol–water partition coefficient (Wildman–Crippen LogP) is -1.10. The number of aromatic amines is 1. The van der Waals surface area contributed by atoms with Crippen molar-refractivity contribution in [3.05, 3.63) is 28.7 Å². The van der Waals surface area contributed by atoms with Crippen molar-refractivity contribution in [1.29, 1.82) is 0 Å². The van der Waals surface area contributed by atoms with Gasteiger partial charge in [0.25, 0.3) is 11.6 Å². The first-order valence-corrected chi connectivity index (χ1v) is 2.09. The van der Waals surface area contributed by atoms with Gasteiger partial charge >= 0.3 is 0 Å². The zero-order valence-corrected chi connectivity index (χ0v) is 4.03. The Morgan fingerprint density at radius 2 is 2.50 bits per heavy atom. The second kappa shape index (κ2) is 1.65. The molecule has 0 unspecified atom stereocenters. The molecule has 0 radical (unpaired) electrons. The summed E-state index contributed by atoms with van der Waals surface area (Å²) < 4.78 is 0. The first kappa shape index (κ1) is 4.83. The van der Waals surface area contributed by atoms with Crippen LogP contribution in [-0.4, -0.2) is 10.3 Å². The van der Waals surface area contributed by atoms with E-state index >= 15 is 0 Å². The summed E-state index contributed by atoms with van der Waals surface area (Å²) in [5, 5.41) is 10.8. The number of H-pyrrole nitrogens is 1. The quantitative estimate of drug-likeness (QED) is 0.331. The van der Waals surface area contributed by atoms with E-state index in [9.17, 15) is 4.79 Å². The van der Waals surface area contributed by atoms with Gasteiger partial charge in [0.2, 0.25) is 0 Å². The molecule has 1 aromatic heterocycles. The lowest BCUT2D eigenvalue weighted by atomic mass is 10.6. The second-order valence-electron chi connectivity index (χ2n) is 1.34. The summed E-state index contributed by atoms with van der Waals surface area (Å²) in [6, 6.07) is 1.31. The minimum Gasteiger partial charge on any atom is -0.283 e. The molecule has 4 heteroatoms. The number of nitrogens with zero attached hydrogens (tertiary/aromatic N) is 1. The number of rotatable bonds is 0. The molecule has 0 fully saturated rings. The van der Waals surface area contributed by atoms with Gasteiger partial charge in [-0.15, -0.1) is 5.10 Å². The first-order valence-electron chi connectivity index (χ1n) is 2.09. The highest BCUT2D eigenvalue weighted by molar-refractivity contribution is 4.79. The largest absolute Gasteiger partial charge is 0.298 e. The summed E-state index contributed by atoms with van der Waals surface area (Å²) >= 11 is 0. The molecule has 0 aromatic carbocycles. The zero-order chi connectivity index (χ0) is 5.98. The number of hydrogen-bond donors (Lipinski definition) is 2. The SMILES string of the molecule is O=c1cc[nH][n+](O)c1. The molecule has 0 aliphatic rings. The molecule has 4 nitrogen and oxygen atoms in total. The van der Waals surface area contributed by atoms with E-state index in [1.807, 2.05) is 0 Å². The Bertz CT molecular complexity index is 229. The highest BCUT2D eigenvalue weighted by atomic mass is 16.5. The third-order valence-corrected chi connectivity index (χ3v) is 0.704. The van der Waals surface area contributed by atoms with Crippen molar-refractivity contribution >= 4 is 0 Å².